The van der Waals surface area contributed by atoms with Crippen LogP contribution in [0.3, 0.4) is 0 Å². The summed E-state index contributed by atoms with van der Waals surface area (Å²) in [5.41, 5.74) is 1.06. The van der Waals surface area contributed by atoms with Gasteiger partial charge in [-0.1, -0.05) is 29.3 Å². The Bertz CT molecular complexity index is 695. The van der Waals surface area contributed by atoms with Crippen molar-refractivity contribution < 1.29 is 9.59 Å². The summed E-state index contributed by atoms with van der Waals surface area (Å²) in [5.74, 6) is -0.780. The first-order chi connectivity index (χ1) is 9.09. The van der Waals surface area contributed by atoms with Gasteiger partial charge in [0.05, 0.1) is 21.8 Å². The molecule has 0 aliphatic carbocycles. The SMILES string of the molecule is O=C1c2cccc(Cl)c2C(=O)N1c1ccc(Cl)cc1. The van der Waals surface area contributed by atoms with Crippen molar-refractivity contribution in [3.05, 3.63) is 63.6 Å². The zero-order valence-electron chi connectivity index (χ0n) is 9.56. The fourth-order valence-corrected chi connectivity index (χ4v) is 2.45. The molecule has 0 saturated carbocycles. The minimum absolute atomic E-state index is 0.254. The molecular formula is C14H7Cl2NO2. The molecule has 5 heteroatoms. The second-order valence-electron chi connectivity index (χ2n) is 4.08. The molecule has 0 aromatic heterocycles. The summed E-state index contributed by atoms with van der Waals surface area (Å²) in [7, 11) is 0. The molecule has 0 bridgehead atoms. The van der Waals surface area contributed by atoms with Gasteiger partial charge in [0.25, 0.3) is 11.8 Å². The Morgan fingerprint density at radius 1 is 0.842 bits per heavy atom. The van der Waals surface area contributed by atoms with Crippen LogP contribution in [-0.4, -0.2) is 11.8 Å². The standard InChI is InChI=1S/C14H7Cl2NO2/c15-8-4-6-9(7-5-8)17-13(18)10-2-1-3-11(16)12(10)14(17)19/h1-7H. The average molecular weight is 292 g/mol. The zero-order chi connectivity index (χ0) is 13.6. The number of imide groups is 1. The number of carbonyl (C=O) groups is 2. The number of fused-ring (bicyclic) bond motifs is 1. The maximum absolute atomic E-state index is 12.3. The molecule has 1 aliphatic rings. The summed E-state index contributed by atoms with van der Waals surface area (Å²) in [6, 6.07) is 11.3. The van der Waals surface area contributed by atoms with Crippen molar-refractivity contribution >= 4 is 40.7 Å². The number of carbonyl (C=O) groups excluding carboxylic acids is 2. The second kappa shape index (κ2) is 4.37. The van der Waals surface area contributed by atoms with Gasteiger partial charge in [-0.15, -0.1) is 0 Å². The highest BCUT2D eigenvalue weighted by Crippen LogP contribution is 2.32. The number of amides is 2. The largest absolute Gasteiger partial charge is 0.268 e. The summed E-state index contributed by atoms with van der Waals surface area (Å²) < 4.78 is 0. The van der Waals surface area contributed by atoms with E-state index in [1.54, 1.807) is 42.5 Å². The van der Waals surface area contributed by atoms with E-state index in [9.17, 15) is 9.59 Å². The van der Waals surface area contributed by atoms with Crippen molar-refractivity contribution in [2.45, 2.75) is 0 Å². The van der Waals surface area contributed by atoms with E-state index in [0.29, 0.717) is 16.3 Å². The molecule has 0 saturated heterocycles. The van der Waals surface area contributed by atoms with Crippen LogP contribution in [0.15, 0.2) is 42.5 Å². The molecule has 0 fully saturated rings. The van der Waals surface area contributed by atoms with Crippen molar-refractivity contribution in [2.24, 2.45) is 0 Å². The normalized spacial score (nSPS) is 13.9. The molecule has 0 unspecified atom stereocenters. The Labute approximate surface area is 119 Å². The summed E-state index contributed by atoms with van der Waals surface area (Å²) in [6.45, 7) is 0. The quantitative estimate of drug-likeness (QED) is 0.750. The third kappa shape index (κ3) is 1.82. The van der Waals surface area contributed by atoms with Crippen molar-refractivity contribution in [3.8, 4) is 0 Å². The highest BCUT2D eigenvalue weighted by molar-refractivity contribution is 6.42. The maximum atomic E-state index is 12.3. The molecule has 19 heavy (non-hydrogen) atoms. The molecule has 3 nitrogen and oxygen atoms in total. The molecule has 1 heterocycles. The second-order valence-corrected chi connectivity index (χ2v) is 4.93. The van der Waals surface area contributed by atoms with Crippen molar-refractivity contribution in [1.29, 1.82) is 0 Å². The van der Waals surface area contributed by atoms with Crippen LogP contribution in [0.4, 0.5) is 5.69 Å². The Morgan fingerprint density at radius 2 is 1.53 bits per heavy atom. The van der Waals surface area contributed by atoms with Gasteiger partial charge in [0.1, 0.15) is 0 Å². The topological polar surface area (TPSA) is 37.4 Å². The predicted octanol–water partition coefficient (Wildman–Crippen LogP) is 3.79. The molecule has 94 valence electrons. The number of rotatable bonds is 1. The van der Waals surface area contributed by atoms with Gasteiger partial charge < -0.3 is 0 Å². The molecule has 2 aromatic rings. The summed E-state index contributed by atoms with van der Waals surface area (Å²) in [4.78, 5) is 25.7. The first-order valence-electron chi connectivity index (χ1n) is 5.52. The monoisotopic (exact) mass is 291 g/mol. The van der Waals surface area contributed by atoms with Crippen molar-refractivity contribution in [1.82, 2.24) is 0 Å². The van der Waals surface area contributed by atoms with Gasteiger partial charge in [-0.3, -0.25) is 9.59 Å². The zero-order valence-corrected chi connectivity index (χ0v) is 11.1. The van der Waals surface area contributed by atoms with Crippen LogP contribution in [-0.2, 0) is 0 Å². The predicted molar refractivity (Wildman–Crippen MR) is 74.0 cm³/mol. The first kappa shape index (κ1) is 12.2. The average Bonchev–Trinajstić information content (AvgIpc) is 2.65. The molecule has 0 spiro atoms. The van der Waals surface area contributed by atoms with Crippen molar-refractivity contribution in [2.75, 3.05) is 4.90 Å². The van der Waals surface area contributed by atoms with Crippen LogP contribution in [0.2, 0.25) is 10.0 Å². The summed E-state index contributed by atoms with van der Waals surface area (Å²) in [6.07, 6.45) is 0. The van der Waals surface area contributed by atoms with E-state index < -0.39 is 5.91 Å². The molecule has 1 aliphatic heterocycles. The first-order valence-corrected chi connectivity index (χ1v) is 6.28. The van der Waals surface area contributed by atoms with Gasteiger partial charge in [-0.2, -0.15) is 0 Å². The number of benzene rings is 2. The lowest BCUT2D eigenvalue weighted by molar-refractivity contribution is 0.0926. The number of anilines is 1. The van der Waals surface area contributed by atoms with E-state index in [-0.39, 0.29) is 16.5 Å². The Kier molecular flexibility index (Phi) is 2.81. The highest BCUT2D eigenvalue weighted by Gasteiger charge is 2.38. The van der Waals surface area contributed by atoms with Crippen LogP contribution in [0.5, 0.6) is 0 Å². The molecule has 2 amide bonds. The third-order valence-corrected chi connectivity index (χ3v) is 3.52. The van der Waals surface area contributed by atoms with Crippen molar-refractivity contribution in [3.63, 3.8) is 0 Å². The van der Waals surface area contributed by atoms with Crippen LogP contribution >= 0.6 is 23.2 Å². The number of halogens is 2. The Balaban J connectivity index is 2.13. The maximum Gasteiger partial charge on any atom is 0.267 e. The fourth-order valence-electron chi connectivity index (χ4n) is 2.07. The number of hydrogen-bond donors (Lipinski definition) is 0. The molecule has 0 N–H and O–H groups in total. The van der Waals surface area contributed by atoms with Crippen LogP contribution in [0.1, 0.15) is 20.7 Å². The van der Waals surface area contributed by atoms with Gasteiger partial charge in [0, 0.05) is 5.02 Å². The number of hydrogen-bond acceptors (Lipinski definition) is 2. The van der Waals surface area contributed by atoms with Gasteiger partial charge in [-0.05, 0) is 36.4 Å². The van der Waals surface area contributed by atoms with Gasteiger partial charge >= 0.3 is 0 Å². The van der Waals surface area contributed by atoms with E-state index in [4.69, 9.17) is 23.2 Å². The van der Waals surface area contributed by atoms with E-state index >= 15 is 0 Å². The molecule has 0 atom stereocenters. The Hall–Kier alpha value is -1.84. The van der Waals surface area contributed by atoms with Crippen LogP contribution in [0.25, 0.3) is 0 Å². The lowest BCUT2D eigenvalue weighted by atomic mass is 10.1. The van der Waals surface area contributed by atoms with E-state index in [2.05, 4.69) is 0 Å². The van der Waals surface area contributed by atoms with Gasteiger partial charge in [0.2, 0.25) is 0 Å². The Morgan fingerprint density at radius 3 is 2.16 bits per heavy atom. The molecular weight excluding hydrogens is 285 g/mol. The number of nitrogens with zero attached hydrogens (tertiary/aromatic N) is 1. The molecule has 0 radical (unpaired) electrons. The van der Waals surface area contributed by atoms with Gasteiger partial charge in [-0.25, -0.2) is 4.90 Å². The fraction of sp³-hybridized carbons (Fsp3) is 0. The smallest absolute Gasteiger partial charge is 0.267 e. The summed E-state index contributed by atoms with van der Waals surface area (Å²) in [5, 5.41) is 0.825. The highest BCUT2D eigenvalue weighted by atomic mass is 35.5. The lowest BCUT2D eigenvalue weighted by Crippen LogP contribution is -2.29. The lowest BCUT2D eigenvalue weighted by Gasteiger charge is -2.13. The van der Waals surface area contributed by atoms with E-state index in [1.807, 2.05) is 0 Å². The van der Waals surface area contributed by atoms with Crippen LogP contribution in [0, 0.1) is 0 Å². The van der Waals surface area contributed by atoms with Crippen LogP contribution < -0.4 is 4.90 Å². The van der Waals surface area contributed by atoms with E-state index in [0.717, 1.165) is 4.90 Å². The van der Waals surface area contributed by atoms with Gasteiger partial charge in [0.15, 0.2) is 0 Å². The molecule has 3 rings (SSSR count). The third-order valence-electron chi connectivity index (χ3n) is 2.95. The minimum atomic E-state index is -0.409. The summed E-state index contributed by atoms with van der Waals surface area (Å²) >= 11 is 11.8. The molecule has 2 aromatic carbocycles. The van der Waals surface area contributed by atoms with E-state index in [1.165, 1.54) is 0 Å². The minimum Gasteiger partial charge on any atom is -0.268 e.